The fraction of sp³-hybridized carbons (Fsp3) is 0.400. The highest BCUT2D eigenvalue weighted by Gasteiger charge is 2.19. The molecule has 0 aromatic heterocycles. The highest BCUT2D eigenvalue weighted by molar-refractivity contribution is 9.10. The maximum Gasteiger partial charge on any atom is 0.173 e. The van der Waals surface area contributed by atoms with Crippen LogP contribution in [0.5, 0.6) is 0 Å². The van der Waals surface area contributed by atoms with Crippen molar-refractivity contribution in [2.45, 2.75) is 20.0 Å². The number of aliphatic hydroxyl groups excluding tert-OH is 1. The van der Waals surface area contributed by atoms with Crippen molar-refractivity contribution in [1.82, 2.24) is 0 Å². The second-order valence-electron chi connectivity index (χ2n) is 3.45. The number of benzene rings is 1. The Bertz CT molecular complexity index is 339. The van der Waals surface area contributed by atoms with E-state index in [-0.39, 0.29) is 10.4 Å². The predicted molar refractivity (Wildman–Crippen MR) is 53.9 cm³/mol. The molecular weight excluding hydrogens is 254 g/mol. The van der Waals surface area contributed by atoms with Crippen molar-refractivity contribution in [2.75, 3.05) is 0 Å². The molecule has 0 spiro atoms. The Labute approximate surface area is 89.9 Å². The molecule has 0 radical (unpaired) electrons. The van der Waals surface area contributed by atoms with E-state index < -0.39 is 17.7 Å². The summed E-state index contributed by atoms with van der Waals surface area (Å²) in [4.78, 5) is 0. The molecule has 0 fully saturated rings. The van der Waals surface area contributed by atoms with Gasteiger partial charge in [-0.1, -0.05) is 19.9 Å². The van der Waals surface area contributed by atoms with Crippen LogP contribution < -0.4 is 0 Å². The second kappa shape index (κ2) is 4.36. The molecule has 0 amide bonds. The monoisotopic (exact) mass is 264 g/mol. The Hall–Kier alpha value is -0.480. The molecule has 0 saturated heterocycles. The quantitative estimate of drug-likeness (QED) is 0.812. The Kier molecular flexibility index (Phi) is 3.61. The van der Waals surface area contributed by atoms with Crippen molar-refractivity contribution >= 4 is 15.9 Å². The lowest BCUT2D eigenvalue weighted by molar-refractivity contribution is 0.125. The summed E-state index contributed by atoms with van der Waals surface area (Å²) in [5.41, 5.74) is 0.374. The number of hydrogen-bond acceptors (Lipinski definition) is 1. The van der Waals surface area contributed by atoms with E-state index in [2.05, 4.69) is 15.9 Å². The average molecular weight is 265 g/mol. The molecule has 1 aromatic rings. The maximum atomic E-state index is 13.1. The number of aliphatic hydroxyl groups is 1. The smallest absolute Gasteiger partial charge is 0.173 e. The molecule has 0 heterocycles. The van der Waals surface area contributed by atoms with E-state index >= 15 is 0 Å². The molecule has 0 bridgehead atoms. The minimum absolute atomic E-state index is 0.00120. The minimum Gasteiger partial charge on any atom is -0.388 e. The highest BCUT2D eigenvalue weighted by Crippen LogP contribution is 2.31. The molecule has 1 rings (SSSR count). The summed E-state index contributed by atoms with van der Waals surface area (Å²) in [6.07, 6.45) is -0.792. The SMILES string of the molecule is CC(C)C(O)c1ccc(F)c(F)c1Br. The molecule has 0 aliphatic carbocycles. The molecular formula is C10H11BrF2O. The fourth-order valence-electron chi connectivity index (χ4n) is 1.13. The first kappa shape index (κ1) is 11.6. The average Bonchev–Trinajstić information content (AvgIpc) is 2.13. The molecule has 0 aliphatic rings. The van der Waals surface area contributed by atoms with Crippen molar-refractivity contribution in [2.24, 2.45) is 5.92 Å². The van der Waals surface area contributed by atoms with Crippen LogP contribution in [0.4, 0.5) is 8.78 Å². The summed E-state index contributed by atoms with van der Waals surface area (Å²) < 4.78 is 25.8. The zero-order valence-electron chi connectivity index (χ0n) is 7.89. The standard InChI is InChI=1S/C10H11BrF2O/c1-5(2)10(14)6-3-4-7(12)9(13)8(6)11/h3-5,10,14H,1-2H3. The summed E-state index contributed by atoms with van der Waals surface area (Å²) >= 11 is 2.92. The highest BCUT2D eigenvalue weighted by atomic mass is 79.9. The van der Waals surface area contributed by atoms with E-state index in [1.165, 1.54) is 6.07 Å². The van der Waals surface area contributed by atoms with Crippen molar-refractivity contribution in [1.29, 1.82) is 0 Å². The van der Waals surface area contributed by atoms with Crippen molar-refractivity contribution in [3.8, 4) is 0 Å². The summed E-state index contributed by atoms with van der Waals surface area (Å²) in [6, 6.07) is 2.40. The first-order valence-electron chi connectivity index (χ1n) is 4.26. The van der Waals surface area contributed by atoms with Gasteiger partial charge in [-0.3, -0.25) is 0 Å². The van der Waals surface area contributed by atoms with Gasteiger partial charge in [-0.05, 0) is 33.5 Å². The van der Waals surface area contributed by atoms with Gasteiger partial charge in [0.25, 0.3) is 0 Å². The van der Waals surface area contributed by atoms with Gasteiger partial charge in [0.05, 0.1) is 10.6 Å². The van der Waals surface area contributed by atoms with Crippen LogP contribution in [-0.2, 0) is 0 Å². The minimum atomic E-state index is -0.956. The van der Waals surface area contributed by atoms with Gasteiger partial charge in [0, 0.05) is 0 Å². The third-order valence-electron chi connectivity index (χ3n) is 2.02. The van der Waals surface area contributed by atoms with Crippen LogP contribution >= 0.6 is 15.9 Å². The first-order chi connectivity index (χ1) is 6.45. The Morgan fingerprint density at radius 1 is 1.29 bits per heavy atom. The van der Waals surface area contributed by atoms with Gasteiger partial charge in [-0.15, -0.1) is 0 Å². The van der Waals surface area contributed by atoms with Crippen LogP contribution in [0.15, 0.2) is 16.6 Å². The lowest BCUT2D eigenvalue weighted by Crippen LogP contribution is -2.07. The van der Waals surface area contributed by atoms with E-state index in [4.69, 9.17) is 0 Å². The van der Waals surface area contributed by atoms with Gasteiger partial charge in [-0.25, -0.2) is 8.78 Å². The van der Waals surface area contributed by atoms with Crippen LogP contribution in [0.25, 0.3) is 0 Å². The molecule has 78 valence electrons. The van der Waals surface area contributed by atoms with Gasteiger partial charge >= 0.3 is 0 Å². The third kappa shape index (κ3) is 2.12. The van der Waals surface area contributed by atoms with E-state index in [0.717, 1.165) is 6.07 Å². The van der Waals surface area contributed by atoms with Crippen LogP contribution in [0.3, 0.4) is 0 Å². The molecule has 0 saturated carbocycles. The van der Waals surface area contributed by atoms with Gasteiger partial charge in [0.15, 0.2) is 11.6 Å². The molecule has 1 nitrogen and oxygen atoms in total. The molecule has 4 heteroatoms. The number of halogens is 3. The Balaban J connectivity index is 3.17. The zero-order valence-corrected chi connectivity index (χ0v) is 9.48. The first-order valence-corrected chi connectivity index (χ1v) is 5.06. The number of rotatable bonds is 2. The van der Waals surface area contributed by atoms with E-state index in [1.807, 2.05) is 0 Å². The Morgan fingerprint density at radius 3 is 2.36 bits per heavy atom. The van der Waals surface area contributed by atoms with Crippen molar-refractivity contribution < 1.29 is 13.9 Å². The third-order valence-corrected chi connectivity index (χ3v) is 2.82. The van der Waals surface area contributed by atoms with Crippen LogP contribution in [-0.4, -0.2) is 5.11 Å². The van der Waals surface area contributed by atoms with E-state index in [9.17, 15) is 13.9 Å². The zero-order chi connectivity index (χ0) is 10.9. The van der Waals surface area contributed by atoms with Crippen LogP contribution in [0, 0.1) is 17.6 Å². The van der Waals surface area contributed by atoms with Gasteiger partial charge < -0.3 is 5.11 Å². The van der Waals surface area contributed by atoms with Crippen LogP contribution in [0.1, 0.15) is 25.5 Å². The summed E-state index contributed by atoms with van der Waals surface area (Å²) in [5.74, 6) is -1.92. The van der Waals surface area contributed by atoms with Gasteiger partial charge in [0.2, 0.25) is 0 Å². The predicted octanol–water partition coefficient (Wildman–Crippen LogP) is 3.42. The van der Waals surface area contributed by atoms with Crippen molar-refractivity contribution in [3.63, 3.8) is 0 Å². The van der Waals surface area contributed by atoms with E-state index in [0.29, 0.717) is 5.56 Å². The summed E-state index contributed by atoms with van der Waals surface area (Å²) in [7, 11) is 0. The lowest BCUT2D eigenvalue weighted by Gasteiger charge is -2.16. The van der Waals surface area contributed by atoms with Gasteiger partial charge in [0.1, 0.15) is 0 Å². The molecule has 1 unspecified atom stereocenters. The molecule has 1 N–H and O–H groups in total. The normalized spacial score (nSPS) is 13.4. The van der Waals surface area contributed by atoms with Gasteiger partial charge in [-0.2, -0.15) is 0 Å². The van der Waals surface area contributed by atoms with Crippen LogP contribution in [0.2, 0.25) is 0 Å². The summed E-state index contributed by atoms with van der Waals surface area (Å²) in [5, 5.41) is 9.67. The fourth-order valence-corrected chi connectivity index (χ4v) is 1.68. The molecule has 1 atom stereocenters. The topological polar surface area (TPSA) is 20.2 Å². The largest absolute Gasteiger partial charge is 0.388 e. The Morgan fingerprint density at radius 2 is 1.86 bits per heavy atom. The lowest BCUT2D eigenvalue weighted by atomic mass is 9.99. The molecule has 0 aliphatic heterocycles. The van der Waals surface area contributed by atoms with Crippen molar-refractivity contribution in [3.05, 3.63) is 33.8 Å². The second-order valence-corrected chi connectivity index (χ2v) is 4.25. The maximum absolute atomic E-state index is 13.1. The van der Waals surface area contributed by atoms with E-state index in [1.54, 1.807) is 13.8 Å². The molecule has 14 heavy (non-hydrogen) atoms. The molecule has 1 aromatic carbocycles. The number of hydrogen-bond donors (Lipinski definition) is 1. The summed E-state index contributed by atoms with van der Waals surface area (Å²) in [6.45, 7) is 3.61.